The minimum absolute atomic E-state index is 0.140. The summed E-state index contributed by atoms with van der Waals surface area (Å²) in [4.78, 5) is 45.5. The maximum Gasteiger partial charge on any atom is 0.258 e. The first-order valence-electron chi connectivity index (χ1n) is 8.53. The number of carbonyl (C=O) groups excluding carboxylic acids is 2. The molecule has 0 saturated carbocycles. The molecule has 1 atom stereocenters. The zero-order valence-corrected chi connectivity index (χ0v) is 14.8. The Kier molecular flexibility index (Phi) is 4.23. The van der Waals surface area contributed by atoms with E-state index < -0.39 is 0 Å². The number of nitrogens with zero attached hydrogens (tertiary/aromatic N) is 2. The average molecular weight is 373 g/mol. The smallest absolute Gasteiger partial charge is 0.258 e. The first-order valence-corrected chi connectivity index (χ1v) is 9.47. The van der Waals surface area contributed by atoms with E-state index in [0.717, 1.165) is 5.56 Å². The van der Waals surface area contributed by atoms with Crippen molar-refractivity contribution in [1.82, 2.24) is 9.97 Å². The van der Waals surface area contributed by atoms with Gasteiger partial charge in [-0.25, -0.2) is 0 Å². The van der Waals surface area contributed by atoms with E-state index >= 15 is 0 Å². The van der Waals surface area contributed by atoms with Crippen LogP contribution in [0.4, 0.5) is 11.8 Å². The van der Waals surface area contributed by atoms with Crippen LogP contribution in [0.5, 0.6) is 0 Å². The number of carbonyl (C=O) groups is 2. The average Bonchev–Trinajstić information content (AvgIpc) is 3.15. The number of H-pyrrole nitrogens is 1. The van der Waals surface area contributed by atoms with Crippen LogP contribution in [0, 0.1) is 5.92 Å². The summed E-state index contributed by atoms with van der Waals surface area (Å²) in [7, 11) is 0. The van der Waals surface area contributed by atoms with Gasteiger partial charge < -0.3 is 16.0 Å². The van der Waals surface area contributed by atoms with Gasteiger partial charge in [0.25, 0.3) is 5.56 Å². The Labute approximate surface area is 153 Å². The summed E-state index contributed by atoms with van der Waals surface area (Å²) < 4.78 is 0. The lowest BCUT2D eigenvalue weighted by molar-refractivity contribution is -0.122. The van der Waals surface area contributed by atoms with Crippen molar-refractivity contribution in [1.29, 1.82) is 0 Å². The molecule has 8 nitrogen and oxygen atoms in total. The molecular weight excluding hydrogens is 354 g/mol. The van der Waals surface area contributed by atoms with Crippen molar-refractivity contribution in [2.24, 2.45) is 11.7 Å². The Bertz CT molecular complexity index is 900. The monoisotopic (exact) mass is 373 g/mol. The van der Waals surface area contributed by atoms with Gasteiger partial charge in [0.1, 0.15) is 5.82 Å². The van der Waals surface area contributed by atoms with E-state index in [-0.39, 0.29) is 35.6 Å². The molecule has 4 heterocycles. The van der Waals surface area contributed by atoms with Gasteiger partial charge in [0, 0.05) is 31.3 Å². The van der Waals surface area contributed by atoms with Gasteiger partial charge in [-0.2, -0.15) is 16.3 Å². The van der Waals surface area contributed by atoms with Gasteiger partial charge in [-0.05, 0) is 35.2 Å². The number of rotatable bonds is 3. The molecule has 2 aromatic heterocycles. The minimum atomic E-state index is -0.289. The highest BCUT2D eigenvalue weighted by Crippen LogP contribution is 2.35. The van der Waals surface area contributed by atoms with E-state index in [1.165, 1.54) is 11.3 Å². The molecule has 1 fully saturated rings. The number of aromatic amines is 1. The summed E-state index contributed by atoms with van der Waals surface area (Å²) in [6, 6.07) is 1.93. The van der Waals surface area contributed by atoms with Gasteiger partial charge in [0.05, 0.1) is 5.56 Å². The molecule has 0 aromatic carbocycles. The Morgan fingerprint density at radius 1 is 1.31 bits per heavy atom. The lowest BCUT2D eigenvalue weighted by Gasteiger charge is -2.32. The standard InChI is InChI=1S/C17H19N5O3S/c18-14(24)9-1-4-22(5-2-9)17-20-15-13(16(25)21-17)11(7-12(23)19-15)10-3-6-26-8-10/h3,6,8-9,11H,1-2,4-5,7H2,(H2,18,24)(H2,19,20,21,23,25)/t11-/m0/s1. The van der Waals surface area contributed by atoms with Crippen molar-refractivity contribution >= 4 is 34.9 Å². The predicted molar refractivity (Wildman–Crippen MR) is 98.4 cm³/mol. The number of nitrogens with one attached hydrogen (secondary N) is 2. The number of hydrogen-bond donors (Lipinski definition) is 3. The Hall–Kier alpha value is -2.68. The van der Waals surface area contributed by atoms with Crippen LogP contribution in [0.2, 0.25) is 0 Å². The van der Waals surface area contributed by atoms with E-state index in [0.29, 0.717) is 43.3 Å². The third-order valence-corrected chi connectivity index (χ3v) is 5.78. The van der Waals surface area contributed by atoms with Crippen LogP contribution in [0.1, 0.15) is 36.3 Å². The van der Waals surface area contributed by atoms with Gasteiger partial charge in [0.2, 0.25) is 17.8 Å². The fraction of sp³-hybridized carbons (Fsp3) is 0.412. The number of amides is 2. The third kappa shape index (κ3) is 2.98. The number of aromatic nitrogens is 2. The molecular formula is C17H19N5O3S. The first-order chi connectivity index (χ1) is 12.5. The van der Waals surface area contributed by atoms with E-state index in [1.54, 1.807) is 0 Å². The molecule has 0 aliphatic carbocycles. The number of primary amides is 1. The fourth-order valence-corrected chi connectivity index (χ4v) is 4.36. The van der Waals surface area contributed by atoms with Gasteiger partial charge in [-0.3, -0.25) is 19.4 Å². The van der Waals surface area contributed by atoms with Crippen molar-refractivity contribution in [2.75, 3.05) is 23.3 Å². The highest BCUT2D eigenvalue weighted by molar-refractivity contribution is 7.08. The Balaban J connectivity index is 1.66. The predicted octanol–water partition coefficient (Wildman–Crippen LogP) is 1.01. The molecule has 4 rings (SSSR count). The fourth-order valence-electron chi connectivity index (χ4n) is 3.64. The first kappa shape index (κ1) is 16.8. The van der Waals surface area contributed by atoms with E-state index in [4.69, 9.17) is 5.73 Å². The van der Waals surface area contributed by atoms with Gasteiger partial charge in [-0.1, -0.05) is 0 Å². The van der Waals surface area contributed by atoms with E-state index in [2.05, 4.69) is 15.3 Å². The van der Waals surface area contributed by atoms with Crippen molar-refractivity contribution in [3.05, 3.63) is 38.3 Å². The molecule has 4 N–H and O–H groups in total. The summed E-state index contributed by atoms with van der Waals surface area (Å²) in [6.07, 6.45) is 1.48. The van der Waals surface area contributed by atoms with Crippen LogP contribution < -0.4 is 21.5 Å². The van der Waals surface area contributed by atoms with Crippen LogP contribution in [-0.2, 0) is 9.59 Å². The van der Waals surface area contributed by atoms with E-state index in [1.807, 2.05) is 21.7 Å². The molecule has 0 unspecified atom stereocenters. The lowest BCUT2D eigenvalue weighted by atomic mass is 9.88. The molecule has 2 aliphatic heterocycles. The second-order valence-corrected chi connectivity index (χ2v) is 7.46. The molecule has 1 saturated heterocycles. The quantitative estimate of drug-likeness (QED) is 0.741. The molecule has 9 heteroatoms. The lowest BCUT2D eigenvalue weighted by Crippen LogP contribution is -2.41. The van der Waals surface area contributed by atoms with Gasteiger partial charge >= 0.3 is 0 Å². The van der Waals surface area contributed by atoms with E-state index in [9.17, 15) is 14.4 Å². The van der Waals surface area contributed by atoms with Crippen LogP contribution >= 0.6 is 11.3 Å². The largest absolute Gasteiger partial charge is 0.369 e. The van der Waals surface area contributed by atoms with Crippen molar-refractivity contribution in [3.8, 4) is 0 Å². The molecule has 0 bridgehead atoms. The zero-order valence-electron chi connectivity index (χ0n) is 14.0. The molecule has 2 aromatic rings. The normalized spacial score (nSPS) is 20.5. The van der Waals surface area contributed by atoms with Crippen LogP contribution in [-0.4, -0.2) is 34.9 Å². The maximum atomic E-state index is 12.8. The summed E-state index contributed by atoms with van der Waals surface area (Å²) in [6.45, 7) is 1.16. The second kappa shape index (κ2) is 6.56. The topological polar surface area (TPSA) is 121 Å². The van der Waals surface area contributed by atoms with Crippen LogP contribution in [0.15, 0.2) is 21.6 Å². The van der Waals surface area contributed by atoms with Gasteiger partial charge in [0.15, 0.2) is 0 Å². The summed E-state index contributed by atoms with van der Waals surface area (Å²) in [5.74, 6) is -0.113. The number of fused-ring (bicyclic) bond motifs is 1. The zero-order chi connectivity index (χ0) is 18.3. The highest BCUT2D eigenvalue weighted by atomic mass is 32.1. The number of anilines is 2. The maximum absolute atomic E-state index is 12.8. The molecule has 2 aliphatic rings. The molecule has 26 heavy (non-hydrogen) atoms. The number of hydrogen-bond acceptors (Lipinski definition) is 6. The van der Waals surface area contributed by atoms with Crippen LogP contribution in [0.3, 0.4) is 0 Å². The summed E-state index contributed by atoms with van der Waals surface area (Å²) in [5, 5.41) is 6.62. The number of nitrogens with two attached hydrogens (primary N) is 1. The highest BCUT2D eigenvalue weighted by Gasteiger charge is 2.32. The van der Waals surface area contributed by atoms with Crippen molar-refractivity contribution in [2.45, 2.75) is 25.2 Å². The molecule has 2 amide bonds. The Morgan fingerprint density at radius 3 is 2.73 bits per heavy atom. The molecule has 0 radical (unpaired) electrons. The number of thiophene rings is 1. The van der Waals surface area contributed by atoms with Crippen molar-refractivity contribution < 1.29 is 9.59 Å². The van der Waals surface area contributed by atoms with Crippen molar-refractivity contribution in [3.63, 3.8) is 0 Å². The SMILES string of the molecule is NC(=O)C1CCN(c2nc3c(c(=O)[nH]2)[C@H](c2ccsc2)CC(=O)N3)CC1. The Morgan fingerprint density at radius 2 is 2.08 bits per heavy atom. The summed E-state index contributed by atoms with van der Waals surface area (Å²) in [5.41, 5.74) is 6.58. The molecule has 136 valence electrons. The minimum Gasteiger partial charge on any atom is -0.369 e. The van der Waals surface area contributed by atoms with Crippen LogP contribution in [0.25, 0.3) is 0 Å². The summed E-state index contributed by atoms with van der Waals surface area (Å²) >= 11 is 1.53. The number of piperidine rings is 1. The third-order valence-electron chi connectivity index (χ3n) is 5.08. The molecule has 0 spiro atoms. The second-order valence-electron chi connectivity index (χ2n) is 6.68. The van der Waals surface area contributed by atoms with Gasteiger partial charge in [-0.15, -0.1) is 0 Å².